The second-order valence-electron chi connectivity index (χ2n) is 4.07. The van der Waals surface area contributed by atoms with Gasteiger partial charge in [-0.15, -0.1) is 0 Å². The fraction of sp³-hybridized carbons (Fsp3) is 0.333. The van der Waals surface area contributed by atoms with Gasteiger partial charge in [-0.05, 0) is 18.2 Å². The number of nitrogens with zero attached hydrogens (tertiary/aromatic N) is 3. The van der Waals surface area contributed by atoms with E-state index in [-0.39, 0.29) is 0 Å². The van der Waals surface area contributed by atoms with Crippen LogP contribution < -0.4 is 10.6 Å². The molecule has 1 aromatic carbocycles. The van der Waals surface area contributed by atoms with Crippen molar-refractivity contribution in [3.05, 3.63) is 24.5 Å². The predicted molar refractivity (Wildman–Crippen MR) is 67.0 cm³/mol. The lowest BCUT2D eigenvalue weighted by atomic mass is 10.2. The molecule has 1 saturated heterocycles. The third kappa shape index (κ3) is 1.89. The number of ether oxygens (including phenoxy) is 1. The van der Waals surface area contributed by atoms with Crippen molar-refractivity contribution in [3.8, 4) is 0 Å². The summed E-state index contributed by atoms with van der Waals surface area (Å²) >= 11 is 0. The number of aromatic nitrogens is 2. The Kier molecular flexibility index (Phi) is 2.53. The molecule has 17 heavy (non-hydrogen) atoms. The zero-order valence-corrected chi connectivity index (χ0v) is 9.47. The minimum atomic E-state index is 0.726. The first-order valence-electron chi connectivity index (χ1n) is 5.67. The van der Waals surface area contributed by atoms with Crippen molar-refractivity contribution in [2.75, 3.05) is 36.9 Å². The monoisotopic (exact) mass is 230 g/mol. The fourth-order valence-corrected chi connectivity index (χ4v) is 2.09. The third-order valence-electron chi connectivity index (χ3n) is 2.95. The predicted octanol–water partition coefficient (Wildman–Crippen LogP) is 1.05. The summed E-state index contributed by atoms with van der Waals surface area (Å²) in [5, 5.41) is 1.05. The molecule has 1 aliphatic rings. The maximum atomic E-state index is 5.76. The Morgan fingerprint density at radius 3 is 2.82 bits per heavy atom. The first-order chi connectivity index (χ1) is 8.34. The van der Waals surface area contributed by atoms with Crippen LogP contribution in [0.1, 0.15) is 0 Å². The van der Waals surface area contributed by atoms with Crippen molar-refractivity contribution in [1.29, 1.82) is 0 Å². The zero-order valence-electron chi connectivity index (χ0n) is 9.47. The van der Waals surface area contributed by atoms with E-state index in [4.69, 9.17) is 10.5 Å². The molecule has 0 amide bonds. The molecule has 0 atom stereocenters. The number of rotatable bonds is 1. The molecule has 3 rings (SSSR count). The molecule has 1 aromatic heterocycles. The molecule has 88 valence electrons. The molecule has 0 bridgehead atoms. The first kappa shape index (κ1) is 10.3. The van der Waals surface area contributed by atoms with Gasteiger partial charge in [0.15, 0.2) is 0 Å². The lowest BCUT2D eigenvalue weighted by Crippen LogP contribution is -2.36. The summed E-state index contributed by atoms with van der Waals surface area (Å²) in [5.74, 6) is 0.971. The van der Waals surface area contributed by atoms with Crippen molar-refractivity contribution in [2.45, 2.75) is 0 Å². The van der Waals surface area contributed by atoms with Crippen molar-refractivity contribution >= 4 is 22.4 Å². The van der Waals surface area contributed by atoms with Crippen LogP contribution in [0.25, 0.3) is 10.9 Å². The van der Waals surface area contributed by atoms with E-state index in [1.807, 2.05) is 18.2 Å². The average Bonchev–Trinajstić information content (AvgIpc) is 2.39. The summed E-state index contributed by atoms with van der Waals surface area (Å²) in [4.78, 5) is 10.9. The molecule has 2 N–H and O–H groups in total. The molecule has 0 spiro atoms. The Bertz CT molecular complexity index is 537. The van der Waals surface area contributed by atoms with E-state index < -0.39 is 0 Å². The summed E-state index contributed by atoms with van der Waals surface area (Å²) < 4.78 is 5.35. The quantitative estimate of drug-likeness (QED) is 0.742. The molecular formula is C12H14N4O. The summed E-state index contributed by atoms with van der Waals surface area (Å²) in [5.41, 5.74) is 7.37. The minimum Gasteiger partial charge on any atom is -0.399 e. The highest BCUT2D eigenvalue weighted by Crippen LogP contribution is 2.24. The van der Waals surface area contributed by atoms with Gasteiger partial charge in [0.05, 0.1) is 18.7 Å². The van der Waals surface area contributed by atoms with Crippen molar-refractivity contribution in [2.24, 2.45) is 0 Å². The average molecular weight is 230 g/mol. The van der Waals surface area contributed by atoms with Crippen LogP contribution in [0.2, 0.25) is 0 Å². The lowest BCUT2D eigenvalue weighted by molar-refractivity contribution is 0.122. The van der Waals surface area contributed by atoms with Crippen LogP contribution in [0.5, 0.6) is 0 Å². The van der Waals surface area contributed by atoms with E-state index in [1.54, 1.807) is 6.33 Å². The number of nitrogen functional groups attached to an aromatic ring is 1. The Morgan fingerprint density at radius 2 is 2.00 bits per heavy atom. The second-order valence-corrected chi connectivity index (χ2v) is 4.07. The third-order valence-corrected chi connectivity index (χ3v) is 2.95. The van der Waals surface area contributed by atoms with Gasteiger partial charge in [-0.25, -0.2) is 9.97 Å². The van der Waals surface area contributed by atoms with Gasteiger partial charge in [-0.1, -0.05) is 0 Å². The number of fused-ring (bicyclic) bond motifs is 1. The maximum absolute atomic E-state index is 5.76. The molecule has 5 heteroatoms. The van der Waals surface area contributed by atoms with E-state index in [0.717, 1.165) is 48.7 Å². The molecule has 0 saturated carbocycles. The Morgan fingerprint density at radius 1 is 1.18 bits per heavy atom. The number of hydrogen-bond acceptors (Lipinski definition) is 5. The molecule has 2 heterocycles. The maximum Gasteiger partial charge on any atom is 0.140 e. The molecule has 0 unspecified atom stereocenters. The highest BCUT2D eigenvalue weighted by Gasteiger charge is 2.15. The largest absolute Gasteiger partial charge is 0.399 e. The molecule has 1 fully saturated rings. The summed E-state index contributed by atoms with van der Waals surface area (Å²) in [7, 11) is 0. The van der Waals surface area contributed by atoms with Crippen molar-refractivity contribution in [1.82, 2.24) is 9.97 Å². The topological polar surface area (TPSA) is 64.3 Å². The van der Waals surface area contributed by atoms with Gasteiger partial charge in [0.25, 0.3) is 0 Å². The standard InChI is InChI=1S/C12H14N4O/c13-9-1-2-10-11(7-9)14-8-15-12(10)16-3-5-17-6-4-16/h1-2,7-8H,3-6,13H2. The highest BCUT2D eigenvalue weighted by atomic mass is 16.5. The second kappa shape index (κ2) is 4.18. The SMILES string of the molecule is Nc1ccc2c(N3CCOCC3)ncnc2c1. The lowest BCUT2D eigenvalue weighted by Gasteiger charge is -2.28. The minimum absolute atomic E-state index is 0.726. The van der Waals surface area contributed by atoms with Crippen molar-refractivity contribution in [3.63, 3.8) is 0 Å². The normalized spacial score (nSPS) is 16.4. The molecule has 2 aromatic rings. The highest BCUT2D eigenvalue weighted by molar-refractivity contribution is 5.91. The first-order valence-corrected chi connectivity index (χ1v) is 5.67. The van der Waals surface area contributed by atoms with Gasteiger partial charge < -0.3 is 15.4 Å². The van der Waals surface area contributed by atoms with Gasteiger partial charge in [-0.3, -0.25) is 0 Å². The van der Waals surface area contributed by atoms with Crippen LogP contribution in [-0.2, 0) is 4.74 Å². The fourth-order valence-electron chi connectivity index (χ4n) is 2.09. The smallest absolute Gasteiger partial charge is 0.140 e. The summed E-state index contributed by atoms with van der Waals surface area (Å²) in [6.07, 6.45) is 1.59. The van der Waals surface area contributed by atoms with Crippen LogP contribution in [0, 0.1) is 0 Å². The van der Waals surface area contributed by atoms with E-state index >= 15 is 0 Å². The zero-order chi connectivity index (χ0) is 11.7. The Balaban J connectivity index is 2.09. The van der Waals surface area contributed by atoms with Crippen molar-refractivity contribution < 1.29 is 4.74 Å². The number of nitrogens with two attached hydrogens (primary N) is 1. The van der Waals surface area contributed by atoms with Gasteiger partial charge in [0.2, 0.25) is 0 Å². The summed E-state index contributed by atoms with van der Waals surface area (Å²) in [6, 6.07) is 5.74. The van der Waals surface area contributed by atoms with Gasteiger partial charge >= 0.3 is 0 Å². The number of morpholine rings is 1. The van der Waals surface area contributed by atoms with E-state index in [0.29, 0.717) is 0 Å². The van der Waals surface area contributed by atoms with Crippen LogP contribution in [-0.4, -0.2) is 36.3 Å². The molecule has 1 aliphatic heterocycles. The van der Waals surface area contributed by atoms with Crippen LogP contribution in [0.3, 0.4) is 0 Å². The molecule has 5 nitrogen and oxygen atoms in total. The van der Waals surface area contributed by atoms with Gasteiger partial charge in [0.1, 0.15) is 12.1 Å². The van der Waals surface area contributed by atoms with E-state index in [9.17, 15) is 0 Å². The number of anilines is 2. The van der Waals surface area contributed by atoms with Crippen LogP contribution in [0.15, 0.2) is 24.5 Å². The number of hydrogen-bond donors (Lipinski definition) is 1. The van der Waals surface area contributed by atoms with Gasteiger partial charge in [0, 0.05) is 24.2 Å². The van der Waals surface area contributed by atoms with E-state index in [2.05, 4.69) is 14.9 Å². The molecule has 0 radical (unpaired) electrons. The van der Waals surface area contributed by atoms with Gasteiger partial charge in [-0.2, -0.15) is 0 Å². The summed E-state index contributed by atoms with van der Waals surface area (Å²) in [6.45, 7) is 3.24. The van der Waals surface area contributed by atoms with E-state index in [1.165, 1.54) is 0 Å². The van der Waals surface area contributed by atoms with Crippen LogP contribution >= 0.6 is 0 Å². The molecule has 0 aliphatic carbocycles. The molecular weight excluding hydrogens is 216 g/mol. The Hall–Kier alpha value is -1.88. The van der Waals surface area contributed by atoms with Crippen LogP contribution in [0.4, 0.5) is 11.5 Å². The number of benzene rings is 1. The Labute approximate surface area is 99.2 Å².